The van der Waals surface area contributed by atoms with Gasteiger partial charge in [0.15, 0.2) is 0 Å². The summed E-state index contributed by atoms with van der Waals surface area (Å²) in [4.78, 5) is 11.7. The summed E-state index contributed by atoms with van der Waals surface area (Å²) in [5.41, 5.74) is 0.281. The number of hydrogen-bond donors (Lipinski definition) is 3. The summed E-state index contributed by atoms with van der Waals surface area (Å²) in [5, 5.41) is 15.5. The molecular weight excluding hydrogens is 284 g/mol. The summed E-state index contributed by atoms with van der Waals surface area (Å²) < 4.78 is 0.765. The first kappa shape index (κ1) is 14.0. The lowest BCUT2D eigenvalue weighted by atomic mass is 10.2. The Kier molecular flexibility index (Phi) is 5.44. The maximum atomic E-state index is 11.7. The molecule has 0 aliphatic carbocycles. The third-order valence-electron chi connectivity index (χ3n) is 2.17. The van der Waals surface area contributed by atoms with Gasteiger partial charge >= 0.3 is 0 Å². The topological polar surface area (TPSA) is 61.4 Å². The molecule has 0 aromatic heterocycles. The van der Waals surface area contributed by atoms with E-state index in [0.717, 1.165) is 4.47 Å². The maximum absolute atomic E-state index is 11.7. The van der Waals surface area contributed by atoms with Gasteiger partial charge in [-0.1, -0.05) is 29.8 Å². The van der Waals surface area contributed by atoms with E-state index in [-0.39, 0.29) is 17.2 Å². The Bertz CT molecular complexity index is 394. The molecule has 0 saturated carbocycles. The number of phenolic OH excluding ortho intramolecular Hbond substituents is 1. The number of phenols is 1. The lowest BCUT2D eigenvalue weighted by molar-refractivity contribution is 0.0951. The first-order valence-electron chi connectivity index (χ1n) is 5.51. The number of hydrogen-bond acceptors (Lipinski definition) is 3. The van der Waals surface area contributed by atoms with Crippen LogP contribution in [0, 0.1) is 0 Å². The van der Waals surface area contributed by atoms with Gasteiger partial charge in [0.05, 0.1) is 5.56 Å². The number of aromatic hydroxyl groups is 1. The van der Waals surface area contributed by atoms with Crippen molar-refractivity contribution in [2.75, 3.05) is 13.1 Å². The Hall–Kier alpha value is -1.07. The van der Waals surface area contributed by atoms with Crippen molar-refractivity contribution in [2.45, 2.75) is 19.9 Å². The number of halogens is 1. The van der Waals surface area contributed by atoms with E-state index in [1.165, 1.54) is 6.07 Å². The van der Waals surface area contributed by atoms with Gasteiger partial charge in [-0.3, -0.25) is 4.79 Å². The van der Waals surface area contributed by atoms with Crippen LogP contribution in [0.4, 0.5) is 0 Å². The number of amides is 1. The van der Waals surface area contributed by atoms with Gasteiger partial charge in [-0.15, -0.1) is 0 Å². The Morgan fingerprint density at radius 2 is 2.12 bits per heavy atom. The molecule has 0 saturated heterocycles. The molecule has 1 amide bonds. The highest BCUT2D eigenvalue weighted by Gasteiger charge is 2.10. The molecule has 1 aromatic rings. The maximum Gasteiger partial charge on any atom is 0.255 e. The standard InChI is InChI=1S/C12H17BrN2O2/c1-8(2)14-5-6-15-12(17)10-7-9(13)3-4-11(10)16/h3-4,7-8,14,16H,5-6H2,1-2H3,(H,15,17). The first-order valence-corrected chi connectivity index (χ1v) is 6.30. The van der Waals surface area contributed by atoms with Crippen LogP contribution in [0.3, 0.4) is 0 Å². The second-order valence-corrected chi connectivity index (χ2v) is 4.94. The summed E-state index contributed by atoms with van der Waals surface area (Å²) >= 11 is 3.26. The lowest BCUT2D eigenvalue weighted by Crippen LogP contribution is -2.34. The van der Waals surface area contributed by atoms with E-state index in [1.807, 2.05) is 13.8 Å². The Morgan fingerprint density at radius 3 is 2.76 bits per heavy atom. The second-order valence-electron chi connectivity index (χ2n) is 4.03. The minimum absolute atomic E-state index is 0.0116. The minimum atomic E-state index is -0.269. The van der Waals surface area contributed by atoms with Crippen LogP contribution in [0.15, 0.2) is 22.7 Å². The molecule has 0 atom stereocenters. The molecule has 0 aliphatic rings. The molecule has 0 heterocycles. The molecule has 1 aromatic carbocycles. The van der Waals surface area contributed by atoms with Crippen molar-refractivity contribution in [3.05, 3.63) is 28.2 Å². The van der Waals surface area contributed by atoms with Crippen molar-refractivity contribution in [1.82, 2.24) is 10.6 Å². The summed E-state index contributed by atoms with van der Waals surface area (Å²) in [5.74, 6) is -0.281. The Balaban J connectivity index is 2.49. The number of benzene rings is 1. The summed E-state index contributed by atoms with van der Waals surface area (Å²) in [6.45, 7) is 5.32. The third kappa shape index (κ3) is 4.75. The van der Waals surface area contributed by atoms with E-state index in [2.05, 4.69) is 26.6 Å². The molecule has 0 aliphatic heterocycles. The minimum Gasteiger partial charge on any atom is -0.507 e. The van der Waals surface area contributed by atoms with Crippen molar-refractivity contribution in [3.63, 3.8) is 0 Å². The number of carbonyl (C=O) groups excluding carboxylic acids is 1. The molecule has 0 radical (unpaired) electrons. The monoisotopic (exact) mass is 300 g/mol. The van der Waals surface area contributed by atoms with Gasteiger partial charge in [0.25, 0.3) is 5.91 Å². The molecule has 0 unspecified atom stereocenters. The molecule has 3 N–H and O–H groups in total. The van der Waals surface area contributed by atoms with Gasteiger partial charge in [-0.05, 0) is 18.2 Å². The Morgan fingerprint density at radius 1 is 1.41 bits per heavy atom. The van der Waals surface area contributed by atoms with Crippen LogP contribution in [0.25, 0.3) is 0 Å². The zero-order valence-corrected chi connectivity index (χ0v) is 11.5. The zero-order chi connectivity index (χ0) is 12.8. The molecule has 0 bridgehead atoms. The van der Waals surface area contributed by atoms with E-state index < -0.39 is 0 Å². The SMILES string of the molecule is CC(C)NCCNC(=O)c1cc(Br)ccc1O. The van der Waals surface area contributed by atoms with E-state index in [4.69, 9.17) is 0 Å². The van der Waals surface area contributed by atoms with Crippen LogP contribution in [0.1, 0.15) is 24.2 Å². The predicted octanol–water partition coefficient (Wildman–Crippen LogP) is 1.88. The highest BCUT2D eigenvalue weighted by Crippen LogP contribution is 2.21. The quantitative estimate of drug-likeness (QED) is 0.728. The van der Waals surface area contributed by atoms with Crippen LogP contribution in [-0.2, 0) is 0 Å². The van der Waals surface area contributed by atoms with Crippen LogP contribution in [-0.4, -0.2) is 30.1 Å². The number of carbonyl (C=O) groups is 1. The van der Waals surface area contributed by atoms with E-state index in [0.29, 0.717) is 19.1 Å². The number of nitrogens with one attached hydrogen (secondary N) is 2. The van der Waals surface area contributed by atoms with Crippen LogP contribution in [0.5, 0.6) is 5.75 Å². The van der Waals surface area contributed by atoms with Gasteiger partial charge in [0.2, 0.25) is 0 Å². The molecule has 94 valence electrons. The fraction of sp³-hybridized carbons (Fsp3) is 0.417. The number of rotatable bonds is 5. The fourth-order valence-electron chi connectivity index (χ4n) is 1.32. The molecule has 0 spiro atoms. The van der Waals surface area contributed by atoms with Gasteiger partial charge in [-0.2, -0.15) is 0 Å². The summed E-state index contributed by atoms with van der Waals surface area (Å²) in [7, 11) is 0. The van der Waals surface area contributed by atoms with Crippen molar-refractivity contribution < 1.29 is 9.90 Å². The van der Waals surface area contributed by atoms with Crippen molar-refractivity contribution in [2.24, 2.45) is 0 Å². The molecule has 17 heavy (non-hydrogen) atoms. The average molecular weight is 301 g/mol. The molecule has 4 nitrogen and oxygen atoms in total. The Labute approximate surface area is 110 Å². The first-order chi connectivity index (χ1) is 8.00. The van der Waals surface area contributed by atoms with Crippen molar-refractivity contribution in [1.29, 1.82) is 0 Å². The van der Waals surface area contributed by atoms with Crippen LogP contribution < -0.4 is 10.6 Å². The van der Waals surface area contributed by atoms with E-state index in [9.17, 15) is 9.90 Å². The van der Waals surface area contributed by atoms with Gasteiger partial charge < -0.3 is 15.7 Å². The normalized spacial score (nSPS) is 10.6. The van der Waals surface area contributed by atoms with Crippen molar-refractivity contribution in [3.8, 4) is 5.75 Å². The van der Waals surface area contributed by atoms with E-state index >= 15 is 0 Å². The van der Waals surface area contributed by atoms with Gasteiger partial charge in [-0.25, -0.2) is 0 Å². The fourth-order valence-corrected chi connectivity index (χ4v) is 1.68. The molecular formula is C12H17BrN2O2. The second kappa shape index (κ2) is 6.61. The predicted molar refractivity (Wildman–Crippen MR) is 71.3 cm³/mol. The van der Waals surface area contributed by atoms with Crippen molar-refractivity contribution >= 4 is 21.8 Å². The van der Waals surface area contributed by atoms with Crippen LogP contribution >= 0.6 is 15.9 Å². The molecule has 0 fully saturated rings. The molecule has 5 heteroatoms. The highest BCUT2D eigenvalue weighted by molar-refractivity contribution is 9.10. The smallest absolute Gasteiger partial charge is 0.255 e. The van der Waals surface area contributed by atoms with Gasteiger partial charge in [0.1, 0.15) is 5.75 Å². The van der Waals surface area contributed by atoms with E-state index in [1.54, 1.807) is 12.1 Å². The third-order valence-corrected chi connectivity index (χ3v) is 2.66. The summed E-state index contributed by atoms with van der Waals surface area (Å²) in [6.07, 6.45) is 0. The largest absolute Gasteiger partial charge is 0.507 e. The zero-order valence-electron chi connectivity index (χ0n) is 9.96. The summed E-state index contributed by atoms with van der Waals surface area (Å²) in [6, 6.07) is 5.17. The van der Waals surface area contributed by atoms with Gasteiger partial charge in [0, 0.05) is 23.6 Å². The highest BCUT2D eigenvalue weighted by atomic mass is 79.9. The van der Waals surface area contributed by atoms with Crippen LogP contribution in [0.2, 0.25) is 0 Å². The average Bonchev–Trinajstić information content (AvgIpc) is 2.27. The molecule has 1 rings (SSSR count). The lowest BCUT2D eigenvalue weighted by Gasteiger charge is -2.10.